The van der Waals surface area contributed by atoms with E-state index >= 15 is 0 Å². The molecule has 0 atom stereocenters. The molecule has 0 aliphatic rings. The molecule has 0 spiro atoms. The summed E-state index contributed by atoms with van der Waals surface area (Å²) in [5, 5.41) is 10.2. The van der Waals surface area contributed by atoms with Crippen molar-refractivity contribution in [3.8, 4) is 0 Å². The average Bonchev–Trinajstić information content (AvgIpc) is 2.84. The highest BCUT2D eigenvalue weighted by Gasteiger charge is 2.17. The lowest BCUT2D eigenvalue weighted by atomic mass is 10.2. The maximum Gasteiger partial charge on any atom is 0.347 e. The van der Waals surface area contributed by atoms with E-state index in [1.54, 1.807) is 0 Å². The molecule has 0 aliphatic carbocycles. The number of nitrogens with zero attached hydrogens (tertiary/aromatic N) is 2. The van der Waals surface area contributed by atoms with Crippen molar-refractivity contribution in [2.45, 2.75) is 59.4 Å². The molecule has 0 saturated heterocycles. The number of hydrogen-bond acceptors (Lipinski definition) is 4. The summed E-state index contributed by atoms with van der Waals surface area (Å²) in [6, 6.07) is 0. The first-order valence-corrected chi connectivity index (χ1v) is 8.38. The quantitative estimate of drug-likeness (QED) is 0.713. The second-order valence-electron chi connectivity index (χ2n) is 5.01. The Hall–Kier alpha value is -0.940. The molecule has 0 saturated carbocycles. The minimum atomic E-state index is -0.837. The van der Waals surface area contributed by atoms with E-state index in [-0.39, 0.29) is 0 Å². The van der Waals surface area contributed by atoms with Crippen LogP contribution in [0.5, 0.6) is 0 Å². The Kier molecular flexibility index (Phi) is 7.77. The highest BCUT2D eigenvalue weighted by atomic mass is 32.1. The molecule has 0 fully saturated rings. The number of hydrogen-bond donors (Lipinski definition) is 1. The Morgan fingerprint density at radius 3 is 2.50 bits per heavy atom. The Morgan fingerprint density at radius 2 is 1.95 bits per heavy atom. The summed E-state index contributed by atoms with van der Waals surface area (Å²) in [6.45, 7) is 9.23. The molecular weight excluding hydrogens is 272 g/mol. The Morgan fingerprint density at radius 1 is 1.25 bits per heavy atom. The molecule has 0 amide bonds. The largest absolute Gasteiger partial charge is 0.477 e. The fourth-order valence-electron chi connectivity index (χ4n) is 2.07. The van der Waals surface area contributed by atoms with Gasteiger partial charge in [0.05, 0.1) is 12.2 Å². The molecule has 4 nitrogen and oxygen atoms in total. The number of thiazole rings is 1. The number of carboxylic acid groups (broad SMARTS) is 1. The van der Waals surface area contributed by atoms with Gasteiger partial charge in [0.15, 0.2) is 0 Å². The van der Waals surface area contributed by atoms with E-state index in [9.17, 15) is 9.90 Å². The van der Waals surface area contributed by atoms with Gasteiger partial charge in [0.1, 0.15) is 9.88 Å². The number of carbonyl (C=O) groups is 1. The summed E-state index contributed by atoms with van der Waals surface area (Å²) in [6.07, 6.45) is 5.18. The third kappa shape index (κ3) is 5.21. The monoisotopic (exact) mass is 298 g/mol. The third-order valence-electron chi connectivity index (χ3n) is 3.34. The molecular formula is C15H26N2O2S. The molecule has 0 unspecified atom stereocenters. The standard InChI is InChI=1S/C15H26N2O2S/c1-4-7-9-12-14(15(18)19)20-13(16-12)11-17(6-3)10-8-5-2/h4-11H2,1-3H3,(H,18,19). The van der Waals surface area contributed by atoms with Crippen molar-refractivity contribution in [2.24, 2.45) is 0 Å². The van der Waals surface area contributed by atoms with Gasteiger partial charge in [0, 0.05) is 0 Å². The van der Waals surface area contributed by atoms with Gasteiger partial charge in [-0.05, 0) is 32.4 Å². The van der Waals surface area contributed by atoms with Crippen LogP contribution in [0.1, 0.15) is 66.8 Å². The van der Waals surface area contributed by atoms with Gasteiger partial charge >= 0.3 is 5.97 Å². The molecule has 1 heterocycles. The highest BCUT2D eigenvalue weighted by Crippen LogP contribution is 2.22. The summed E-state index contributed by atoms with van der Waals surface area (Å²) in [7, 11) is 0. The summed E-state index contributed by atoms with van der Waals surface area (Å²) in [5.74, 6) is -0.837. The maximum absolute atomic E-state index is 11.3. The molecule has 20 heavy (non-hydrogen) atoms. The first kappa shape index (κ1) is 17.1. The smallest absolute Gasteiger partial charge is 0.347 e. The fourth-order valence-corrected chi connectivity index (χ4v) is 3.06. The van der Waals surface area contributed by atoms with Gasteiger partial charge < -0.3 is 5.11 Å². The molecule has 1 rings (SSSR count). The van der Waals surface area contributed by atoms with Crippen LogP contribution in [0.4, 0.5) is 0 Å². The van der Waals surface area contributed by atoms with Crippen LogP contribution in [-0.2, 0) is 13.0 Å². The van der Waals surface area contributed by atoms with Gasteiger partial charge in [-0.1, -0.05) is 33.6 Å². The van der Waals surface area contributed by atoms with Crippen molar-refractivity contribution < 1.29 is 9.90 Å². The maximum atomic E-state index is 11.3. The lowest BCUT2D eigenvalue weighted by molar-refractivity contribution is 0.0700. The Balaban J connectivity index is 2.76. The zero-order valence-corrected chi connectivity index (χ0v) is 13.6. The number of carboxylic acids is 1. The van der Waals surface area contributed by atoms with Crippen LogP contribution in [0, 0.1) is 0 Å². The first-order valence-electron chi connectivity index (χ1n) is 7.56. The number of aromatic carboxylic acids is 1. The van der Waals surface area contributed by atoms with E-state index in [0.717, 1.165) is 49.6 Å². The minimum absolute atomic E-state index is 0.431. The summed E-state index contributed by atoms with van der Waals surface area (Å²) in [5.41, 5.74) is 0.769. The lowest BCUT2D eigenvalue weighted by Crippen LogP contribution is -2.23. The predicted octanol–water partition coefficient (Wildman–Crippen LogP) is 3.81. The van der Waals surface area contributed by atoms with E-state index < -0.39 is 5.97 Å². The topological polar surface area (TPSA) is 53.4 Å². The molecule has 0 aromatic carbocycles. The number of aromatic nitrogens is 1. The van der Waals surface area contributed by atoms with Crippen molar-refractivity contribution >= 4 is 17.3 Å². The van der Waals surface area contributed by atoms with Gasteiger partial charge in [-0.15, -0.1) is 11.3 Å². The van der Waals surface area contributed by atoms with Crippen molar-refractivity contribution in [2.75, 3.05) is 13.1 Å². The van der Waals surface area contributed by atoms with Gasteiger partial charge in [0.25, 0.3) is 0 Å². The molecule has 0 radical (unpaired) electrons. The zero-order chi connectivity index (χ0) is 15.0. The normalized spacial score (nSPS) is 11.2. The third-order valence-corrected chi connectivity index (χ3v) is 4.41. The van der Waals surface area contributed by atoms with E-state index in [0.29, 0.717) is 4.88 Å². The zero-order valence-electron chi connectivity index (χ0n) is 12.8. The number of aryl methyl sites for hydroxylation is 1. The molecule has 0 aliphatic heterocycles. The van der Waals surface area contributed by atoms with Gasteiger partial charge in [-0.25, -0.2) is 9.78 Å². The molecule has 1 aromatic rings. The predicted molar refractivity (Wildman–Crippen MR) is 83.5 cm³/mol. The molecule has 0 bridgehead atoms. The Labute approximate surface area is 125 Å². The highest BCUT2D eigenvalue weighted by molar-refractivity contribution is 7.13. The van der Waals surface area contributed by atoms with Crippen molar-refractivity contribution in [1.29, 1.82) is 0 Å². The number of rotatable bonds is 10. The Bertz CT molecular complexity index is 418. The van der Waals surface area contributed by atoms with E-state index in [1.807, 2.05) is 0 Å². The lowest BCUT2D eigenvalue weighted by Gasteiger charge is -2.18. The van der Waals surface area contributed by atoms with Crippen LogP contribution < -0.4 is 0 Å². The van der Waals surface area contributed by atoms with Crippen molar-refractivity contribution in [1.82, 2.24) is 9.88 Å². The summed E-state index contributed by atoms with van der Waals surface area (Å²) in [4.78, 5) is 18.6. The molecule has 1 aromatic heterocycles. The van der Waals surface area contributed by atoms with Crippen molar-refractivity contribution in [3.05, 3.63) is 15.6 Å². The van der Waals surface area contributed by atoms with Crippen LogP contribution in [0.3, 0.4) is 0 Å². The van der Waals surface area contributed by atoms with Crippen LogP contribution in [-0.4, -0.2) is 34.0 Å². The van der Waals surface area contributed by atoms with Crippen LogP contribution >= 0.6 is 11.3 Å². The van der Waals surface area contributed by atoms with E-state index in [1.165, 1.54) is 24.2 Å². The number of unbranched alkanes of at least 4 members (excludes halogenated alkanes) is 2. The average molecular weight is 298 g/mol. The van der Waals surface area contributed by atoms with E-state index in [4.69, 9.17) is 0 Å². The van der Waals surface area contributed by atoms with Gasteiger partial charge in [-0.2, -0.15) is 0 Å². The van der Waals surface area contributed by atoms with Crippen LogP contribution in [0.25, 0.3) is 0 Å². The van der Waals surface area contributed by atoms with Crippen molar-refractivity contribution in [3.63, 3.8) is 0 Å². The SMILES string of the molecule is CCCCc1nc(CN(CC)CCCC)sc1C(=O)O. The van der Waals surface area contributed by atoms with Crippen LogP contribution in [0.2, 0.25) is 0 Å². The van der Waals surface area contributed by atoms with E-state index in [2.05, 4.69) is 30.7 Å². The first-order chi connectivity index (χ1) is 9.62. The minimum Gasteiger partial charge on any atom is -0.477 e. The van der Waals surface area contributed by atoms with Gasteiger partial charge in [0.2, 0.25) is 0 Å². The second kappa shape index (κ2) is 9.08. The van der Waals surface area contributed by atoms with Crippen LogP contribution in [0.15, 0.2) is 0 Å². The molecule has 1 N–H and O–H groups in total. The molecule has 5 heteroatoms. The second-order valence-corrected chi connectivity index (χ2v) is 6.10. The summed E-state index contributed by atoms with van der Waals surface area (Å²) >= 11 is 1.34. The fraction of sp³-hybridized carbons (Fsp3) is 0.733. The molecule has 114 valence electrons. The van der Waals surface area contributed by atoms with Gasteiger partial charge in [-0.3, -0.25) is 4.90 Å². The summed E-state index contributed by atoms with van der Waals surface area (Å²) < 4.78 is 0.